The molecule has 0 bridgehead atoms. The van der Waals surface area contributed by atoms with Crippen LogP contribution in [0.15, 0.2) is 52.8 Å². The summed E-state index contributed by atoms with van der Waals surface area (Å²) in [5.41, 5.74) is 2.29. The third kappa shape index (κ3) is 2.33. The first-order valence-corrected chi connectivity index (χ1v) is 6.82. The molecule has 4 nitrogen and oxygen atoms in total. The highest BCUT2D eigenvalue weighted by Crippen LogP contribution is 2.38. The molecule has 0 aliphatic heterocycles. The quantitative estimate of drug-likeness (QED) is 0.524. The molecule has 2 aromatic heterocycles. The highest BCUT2D eigenvalue weighted by molar-refractivity contribution is 7.99. The van der Waals surface area contributed by atoms with Crippen molar-refractivity contribution < 1.29 is 0 Å². The van der Waals surface area contributed by atoms with Gasteiger partial charge in [0.2, 0.25) is 5.69 Å². The van der Waals surface area contributed by atoms with Crippen molar-refractivity contribution >= 4 is 28.4 Å². The molecule has 0 N–H and O–H groups in total. The van der Waals surface area contributed by atoms with Gasteiger partial charge in [-0.2, -0.15) is 0 Å². The molecule has 0 unspecified atom stereocenters. The Hall–Kier alpha value is -2.45. The summed E-state index contributed by atoms with van der Waals surface area (Å²) in [4.78, 5) is 17.4. The van der Waals surface area contributed by atoms with E-state index in [2.05, 4.69) is 19.8 Å². The van der Waals surface area contributed by atoms with Crippen molar-refractivity contribution in [1.29, 1.82) is 0 Å². The van der Waals surface area contributed by atoms with Gasteiger partial charge in [0, 0.05) is 23.0 Å². The first kappa shape index (κ1) is 12.6. The molecule has 96 valence electrons. The Kier molecular flexibility index (Phi) is 3.32. The molecular formula is C15H10N4S. The molecule has 0 amide bonds. The van der Waals surface area contributed by atoms with Gasteiger partial charge < -0.3 is 0 Å². The third-order valence-electron chi connectivity index (χ3n) is 2.79. The molecule has 3 rings (SSSR count). The zero-order chi connectivity index (χ0) is 13.9. The van der Waals surface area contributed by atoms with Gasteiger partial charge in [-0.3, -0.25) is 4.98 Å². The van der Waals surface area contributed by atoms with Crippen LogP contribution in [0.5, 0.6) is 0 Å². The van der Waals surface area contributed by atoms with Crippen LogP contribution in [0.3, 0.4) is 0 Å². The number of aromatic nitrogens is 3. The van der Waals surface area contributed by atoms with E-state index in [1.165, 1.54) is 11.8 Å². The molecule has 0 aliphatic rings. The average molecular weight is 278 g/mol. The summed E-state index contributed by atoms with van der Waals surface area (Å²) in [5.74, 6) is 0. The van der Waals surface area contributed by atoms with Crippen LogP contribution >= 0.6 is 11.8 Å². The van der Waals surface area contributed by atoms with Crippen molar-refractivity contribution in [3.8, 4) is 0 Å². The molecule has 1 aromatic carbocycles. The number of benzene rings is 1. The van der Waals surface area contributed by atoms with Crippen molar-refractivity contribution in [3.63, 3.8) is 0 Å². The van der Waals surface area contributed by atoms with E-state index >= 15 is 0 Å². The Morgan fingerprint density at radius 2 is 2.00 bits per heavy atom. The average Bonchev–Trinajstić information content (AvgIpc) is 2.48. The van der Waals surface area contributed by atoms with E-state index in [0.717, 1.165) is 21.5 Å². The van der Waals surface area contributed by atoms with Gasteiger partial charge in [0.15, 0.2) is 5.16 Å². The molecule has 0 aliphatic carbocycles. The van der Waals surface area contributed by atoms with Crippen molar-refractivity contribution in [2.24, 2.45) is 0 Å². The monoisotopic (exact) mass is 278 g/mol. The Morgan fingerprint density at radius 3 is 2.80 bits per heavy atom. The molecule has 0 atom stereocenters. The lowest BCUT2D eigenvalue weighted by molar-refractivity contribution is 0.933. The molecule has 20 heavy (non-hydrogen) atoms. The summed E-state index contributed by atoms with van der Waals surface area (Å²) in [7, 11) is 0. The van der Waals surface area contributed by atoms with Gasteiger partial charge >= 0.3 is 0 Å². The zero-order valence-electron chi connectivity index (χ0n) is 10.7. The SMILES string of the molecule is [C-]#[N+]c1ccc2cccnc2c1Sc1nccc(C)n1. The number of hydrogen-bond donors (Lipinski definition) is 0. The van der Waals surface area contributed by atoms with Gasteiger partial charge in [0.05, 0.1) is 12.1 Å². The van der Waals surface area contributed by atoms with Gasteiger partial charge in [-0.1, -0.05) is 30.0 Å². The van der Waals surface area contributed by atoms with Gasteiger partial charge in [0.25, 0.3) is 0 Å². The van der Waals surface area contributed by atoms with Gasteiger partial charge in [0.1, 0.15) is 0 Å². The fraction of sp³-hybridized carbons (Fsp3) is 0.0667. The topological polar surface area (TPSA) is 43.0 Å². The van der Waals surface area contributed by atoms with E-state index in [9.17, 15) is 0 Å². The van der Waals surface area contributed by atoms with Gasteiger partial charge in [-0.25, -0.2) is 14.8 Å². The van der Waals surface area contributed by atoms with Crippen LogP contribution in [0.1, 0.15) is 5.69 Å². The van der Waals surface area contributed by atoms with Crippen LogP contribution in [0.2, 0.25) is 0 Å². The maximum atomic E-state index is 7.31. The smallest absolute Gasteiger partial charge is 0.203 e. The first-order valence-electron chi connectivity index (χ1n) is 6.00. The lowest BCUT2D eigenvalue weighted by Gasteiger charge is -2.07. The summed E-state index contributed by atoms with van der Waals surface area (Å²) in [6, 6.07) is 9.45. The second-order valence-corrected chi connectivity index (χ2v) is 5.16. The molecule has 0 fully saturated rings. The van der Waals surface area contributed by atoms with Crippen LogP contribution in [0, 0.1) is 13.5 Å². The van der Waals surface area contributed by atoms with E-state index in [1.807, 2.05) is 37.3 Å². The number of fused-ring (bicyclic) bond motifs is 1. The number of hydrogen-bond acceptors (Lipinski definition) is 4. The minimum Gasteiger partial charge on any atom is -0.256 e. The summed E-state index contributed by atoms with van der Waals surface area (Å²) in [5, 5.41) is 1.64. The standard InChI is InChI=1S/C15H10N4S/c1-10-7-9-18-15(19-10)20-14-12(16-2)6-5-11-4-3-8-17-13(11)14/h3-9H,1H3. The number of pyridine rings is 1. The van der Waals surface area contributed by atoms with Crippen LogP contribution in [-0.4, -0.2) is 15.0 Å². The largest absolute Gasteiger partial charge is 0.256 e. The molecule has 2 heterocycles. The lowest BCUT2D eigenvalue weighted by atomic mass is 10.2. The first-order chi connectivity index (χ1) is 9.78. The fourth-order valence-electron chi connectivity index (χ4n) is 1.86. The number of nitrogens with zero attached hydrogens (tertiary/aromatic N) is 4. The molecule has 0 saturated heterocycles. The lowest BCUT2D eigenvalue weighted by Crippen LogP contribution is -1.89. The summed E-state index contributed by atoms with van der Waals surface area (Å²) >= 11 is 1.38. The summed E-state index contributed by atoms with van der Waals surface area (Å²) < 4.78 is 0. The van der Waals surface area contributed by atoms with Crippen LogP contribution in [-0.2, 0) is 0 Å². The Balaban J connectivity index is 2.17. The van der Waals surface area contributed by atoms with Gasteiger partial charge in [-0.15, -0.1) is 0 Å². The Bertz CT molecular complexity index is 823. The third-order valence-corrected chi connectivity index (χ3v) is 3.78. The molecule has 0 spiro atoms. The van der Waals surface area contributed by atoms with Gasteiger partial charge in [-0.05, 0) is 24.4 Å². The van der Waals surface area contributed by atoms with Crippen LogP contribution in [0.4, 0.5) is 5.69 Å². The molecule has 0 radical (unpaired) electrons. The summed E-state index contributed by atoms with van der Waals surface area (Å²) in [6.45, 7) is 9.23. The minimum atomic E-state index is 0.575. The maximum Gasteiger partial charge on any atom is 0.203 e. The second-order valence-electron chi connectivity index (χ2n) is 4.18. The summed E-state index contributed by atoms with van der Waals surface area (Å²) in [6.07, 6.45) is 3.46. The fourth-order valence-corrected chi connectivity index (χ4v) is 2.83. The number of aryl methyl sites for hydroxylation is 1. The van der Waals surface area contributed by atoms with E-state index in [-0.39, 0.29) is 0 Å². The minimum absolute atomic E-state index is 0.575. The predicted molar refractivity (Wildman–Crippen MR) is 78.9 cm³/mol. The highest BCUT2D eigenvalue weighted by Gasteiger charge is 2.12. The van der Waals surface area contributed by atoms with E-state index in [4.69, 9.17) is 6.57 Å². The van der Waals surface area contributed by atoms with Crippen LogP contribution < -0.4 is 0 Å². The number of rotatable bonds is 2. The zero-order valence-corrected chi connectivity index (χ0v) is 11.6. The molecule has 5 heteroatoms. The van der Waals surface area contributed by atoms with E-state index in [1.54, 1.807) is 12.4 Å². The molecular weight excluding hydrogens is 268 g/mol. The molecule has 0 saturated carbocycles. The van der Waals surface area contributed by atoms with Crippen molar-refractivity contribution in [1.82, 2.24) is 15.0 Å². The Labute approximate surface area is 120 Å². The van der Waals surface area contributed by atoms with Crippen LogP contribution in [0.25, 0.3) is 15.7 Å². The Morgan fingerprint density at radius 1 is 1.10 bits per heavy atom. The maximum absolute atomic E-state index is 7.31. The van der Waals surface area contributed by atoms with Crippen molar-refractivity contribution in [3.05, 3.63) is 59.8 Å². The second kappa shape index (κ2) is 5.27. The molecule has 3 aromatic rings. The van der Waals surface area contributed by atoms with E-state index in [0.29, 0.717) is 10.8 Å². The van der Waals surface area contributed by atoms with Crippen molar-refractivity contribution in [2.75, 3.05) is 0 Å². The normalized spacial score (nSPS) is 10.4. The van der Waals surface area contributed by atoms with E-state index < -0.39 is 0 Å². The predicted octanol–water partition coefficient (Wildman–Crippen LogP) is 4.04. The van der Waals surface area contributed by atoms with Crippen molar-refractivity contribution in [2.45, 2.75) is 17.0 Å². The highest BCUT2D eigenvalue weighted by atomic mass is 32.2.